The third-order valence-corrected chi connectivity index (χ3v) is 7.55. The molecule has 5 nitrogen and oxygen atoms in total. The van der Waals surface area contributed by atoms with E-state index < -0.39 is 0 Å². The van der Waals surface area contributed by atoms with Gasteiger partial charge in [-0.3, -0.25) is 10.1 Å². The lowest BCUT2D eigenvalue weighted by Gasteiger charge is -2.05. The number of non-ortho nitro benzene ring substituents is 1. The quantitative estimate of drug-likeness (QED) is 0.145. The fourth-order valence-corrected chi connectivity index (χ4v) is 5.60. The van der Waals surface area contributed by atoms with Crippen LogP contribution in [0, 0.1) is 10.1 Å². The van der Waals surface area contributed by atoms with Gasteiger partial charge in [-0.25, -0.2) is 0 Å². The third kappa shape index (κ3) is 5.45. The standard InChI is InChI=1S/C28H29N2O3S/c1-20(31)9-4-3-7-17-29-18-16-22(25-11-5-6-12-26(25)29)10-8-13-27-21(2)24-15-14-23(30(32)33)19-28(24)34-27/h5-6,8,10-16,18-19,21H,3-4,7,9,17H2,1-2H3/q+1/b10-8+,27-13-. The lowest BCUT2D eigenvalue weighted by atomic mass is 10.0. The summed E-state index contributed by atoms with van der Waals surface area (Å²) < 4.78 is 2.29. The van der Waals surface area contributed by atoms with Crippen LogP contribution in [0.1, 0.15) is 56.6 Å². The van der Waals surface area contributed by atoms with E-state index in [1.807, 2.05) is 6.07 Å². The van der Waals surface area contributed by atoms with Crippen molar-refractivity contribution < 1.29 is 14.3 Å². The smallest absolute Gasteiger partial charge is 0.270 e. The van der Waals surface area contributed by atoms with Crippen LogP contribution < -0.4 is 4.57 Å². The van der Waals surface area contributed by atoms with Crippen LogP contribution in [-0.2, 0) is 11.3 Å². The lowest BCUT2D eigenvalue weighted by molar-refractivity contribution is -0.671. The number of hydrogen-bond acceptors (Lipinski definition) is 4. The van der Waals surface area contributed by atoms with Crippen LogP contribution in [0.25, 0.3) is 17.0 Å². The predicted molar refractivity (Wildman–Crippen MR) is 138 cm³/mol. The molecular weight excluding hydrogens is 444 g/mol. The topological polar surface area (TPSA) is 64.1 Å². The molecule has 174 valence electrons. The van der Waals surface area contributed by atoms with Gasteiger partial charge in [-0.1, -0.05) is 55.1 Å². The SMILES string of the molecule is CC(=O)CCCCC[n+]1ccc(/C=C/C=C2\Sc3cc([N+](=O)[O-])ccc3C2C)c2ccccc21. The normalized spacial score (nSPS) is 16.4. The van der Waals surface area contributed by atoms with E-state index in [9.17, 15) is 14.9 Å². The van der Waals surface area contributed by atoms with E-state index in [0.29, 0.717) is 6.42 Å². The maximum Gasteiger partial charge on any atom is 0.270 e. The van der Waals surface area contributed by atoms with Gasteiger partial charge in [0.2, 0.25) is 5.52 Å². The Morgan fingerprint density at radius 3 is 2.76 bits per heavy atom. The number of nitrogens with zero attached hydrogens (tertiary/aromatic N) is 2. The molecule has 1 unspecified atom stereocenters. The number of ketones is 1. The summed E-state index contributed by atoms with van der Waals surface area (Å²) in [6, 6.07) is 15.7. The fraction of sp³-hybridized carbons (Fsp3) is 0.286. The van der Waals surface area contributed by atoms with Gasteiger partial charge in [0.05, 0.1) is 10.3 Å². The van der Waals surface area contributed by atoms with Gasteiger partial charge in [0.1, 0.15) is 12.3 Å². The van der Waals surface area contributed by atoms with Crippen molar-refractivity contribution >= 4 is 40.2 Å². The van der Waals surface area contributed by atoms with Crippen LogP contribution in [0.3, 0.4) is 0 Å². The summed E-state index contributed by atoms with van der Waals surface area (Å²) in [4.78, 5) is 24.0. The molecule has 0 fully saturated rings. The highest BCUT2D eigenvalue weighted by Gasteiger charge is 2.26. The number of allylic oxidation sites excluding steroid dienone is 3. The molecule has 0 bridgehead atoms. The minimum Gasteiger partial charge on any atom is -0.300 e. The Balaban J connectivity index is 1.49. The summed E-state index contributed by atoms with van der Waals surface area (Å²) in [5.41, 5.74) is 3.64. The third-order valence-electron chi connectivity index (χ3n) is 6.25. The van der Waals surface area contributed by atoms with Gasteiger partial charge >= 0.3 is 0 Å². The summed E-state index contributed by atoms with van der Waals surface area (Å²) >= 11 is 1.61. The Kier molecular flexibility index (Phi) is 7.58. The molecule has 0 N–H and O–H groups in total. The zero-order chi connectivity index (χ0) is 24.1. The number of rotatable bonds is 9. The van der Waals surface area contributed by atoms with Crippen LogP contribution in [0.5, 0.6) is 0 Å². The van der Waals surface area contributed by atoms with Crippen molar-refractivity contribution in [3.05, 3.63) is 93.0 Å². The molecule has 3 aromatic rings. The summed E-state index contributed by atoms with van der Waals surface area (Å²) in [5.74, 6) is 0.489. The number of nitro groups is 1. The van der Waals surface area contributed by atoms with Gasteiger partial charge < -0.3 is 4.79 Å². The molecular formula is C28H29N2O3S+. The molecule has 0 spiro atoms. The Labute approximate surface area is 204 Å². The second kappa shape index (κ2) is 10.8. The zero-order valence-corrected chi connectivity index (χ0v) is 20.4. The highest BCUT2D eigenvalue weighted by molar-refractivity contribution is 8.03. The van der Waals surface area contributed by atoms with Crippen LogP contribution in [0.4, 0.5) is 5.69 Å². The molecule has 1 aliphatic heterocycles. The van der Waals surface area contributed by atoms with Crippen LogP contribution in [0.2, 0.25) is 0 Å². The number of aromatic nitrogens is 1. The highest BCUT2D eigenvalue weighted by atomic mass is 32.2. The average Bonchev–Trinajstić information content (AvgIpc) is 3.14. The Morgan fingerprint density at radius 2 is 1.97 bits per heavy atom. The van der Waals surface area contributed by atoms with Crippen molar-refractivity contribution in [2.24, 2.45) is 0 Å². The number of Topliss-reactive ketones (excluding diaryl/α,β-unsaturated/α-hetero) is 1. The fourth-order valence-electron chi connectivity index (χ4n) is 4.36. The second-order valence-electron chi connectivity index (χ2n) is 8.73. The zero-order valence-electron chi connectivity index (χ0n) is 19.6. The van der Waals surface area contributed by atoms with Gasteiger partial charge in [-0.2, -0.15) is 4.57 Å². The number of thioether (sulfide) groups is 1. The number of unbranched alkanes of at least 4 members (excludes halogenated alkanes) is 2. The van der Waals surface area contributed by atoms with Crippen LogP contribution in [-0.4, -0.2) is 10.7 Å². The minimum absolute atomic E-state index is 0.137. The number of carbonyl (C=O) groups is 1. The van der Waals surface area contributed by atoms with Crippen molar-refractivity contribution in [1.29, 1.82) is 0 Å². The molecule has 2 aromatic carbocycles. The summed E-state index contributed by atoms with van der Waals surface area (Å²) in [6.45, 7) is 4.73. The molecule has 4 rings (SSSR count). The molecule has 2 heterocycles. The molecule has 0 amide bonds. The van der Waals surface area contributed by atoms with Crippen molar-refractivity contribution in [1.82, 2.24) is 0 Å². The van der Waals surface area contributed by atoms with Crippen LogP contribution >= 0.6 is 11.8 Å². The Hall–Kier alpha value is -3.25. The van der Waals surface area contributed by atoms with Crippen LogP contribution in [0.15, 0.2) is 76.7 Å². The van der Waals surface area contributed by atoms with E-state index in [1.165, 1.54) is 15.8 Å². The second-order valence-corrected chi connectivity index (χ2v) is 9.84. The lowest BCUT2D eigenvalue weighted by Crippen LogP contribution is -2.34. The number of para-hydroxylation sites is 1. The number of fused-ring (bicyclic) bond motifs is 2. The molecule has 6 heteroatoms. The molecule has 0 saturated heterocycles. The maximum absolute atomic E-state index is 11.1. The molecule has 1 aromatic heterocycles. The van der Waals surface area contributed by atoms with E-state index >= 15 is 0 Å². The molecule has 1 aliphatic rings. The molecule has 1 atom stereocenters. The first-order chi connectivity index (χ1) is 16.4. The van der Waals surface area contributed by atoms with Crippen molar-refractivity contribution in [3.63, 3.8) is 0 Å². The van der Waals surface area contributed by atoms with Gasteiger partial charge in [0.15, 0.2) is 6.20 Å². The van der Waals surface area contributed by atoms with E-state index in [0.717, 1.165) is 41.8 Å². The largest absolute Gasteiger partial charge is 0.300 e. The first-order valence-electron chi connectivity index (χ1n) is 11.7. The monoisotopic (exact) mass is 473 g/mol. The first kappa shape index (κ1) is 23.9. The highest BCUT2D eigenvalue weighted by Crippen LogP contribution is 2.49. The number of aryl methyl sites for hydroxylation is 1. The minimum atomic E-state index is -0.341. The van der Waals surface area contributed by atoms with Gasteiger partial charge in [-0.15, -0.1) is 0 Å². The average molecular weight is 474 g/mol. The molecule has 0 radical (unpaired) electrons. The maximum atomic E-state index is 11.1. The Bertz CT molecular complexity index is 1300. The predicted octanol–water partition coefficient (Wildman–Crippen LogP) is 6.99. The van der Waals surface area contributed by atoms with E-state index in [1.54, 1.807) is 30.8 Å². The Morgan fingerprint density at radius 1 is 1.15 bits per heavy atom. The van der Waals surface area contributed by atoms with Crippen molar-refractivity contribution in [2.45, 2.75) is 56.9 Å². The number of hydrogen-bond donors (Lipinski definition) is 0. The number of benzene rings is 2. The molecule has 0 saturated carbocycles. The summed E-state index contributed by atoms with van der Waals surface area (Å²) in [5, 5.41) is 12.3. The number of nitro benzene ring substituents is 1. The molecule has 34 heavy (non-hydrogen) atoms. The van der Waals surface area contributed by atoms with Crippen molar-refractivity contribution in [2.75, 3.05) is 0 Å². The van der Waals surface area contributed by atoms with Crippen molar-refractivity contribution in [3.8, 4) is 0 Å². The summed E-state index contributed by atoms with van der Waals surface area (Å²) in [6.07, 6.45) is 12.2. The molecule has 0 aliphatic carbocycles. The number of carbonyl (C=O) groups excluding carboxylic acids is 1. The number of pyridine rings is 1. The first-order valence-corrected chi connectivity index (χ1v) is 12.5. The summed E-state index contributed by atoms with van der Waals surface area (Å²) in [7, 11) is 0. The van der Waals surface area contributed by atoms with E-state index in [-0.39, 0.29) is 22.3 Å². The van der Waals surface area contributed by atoms with Gasteiger partial charge in [0, 0.05) is 47.9 Å². The van der Waals surface area contributed by atoms with E-state index in [2.05, 4.69) is 66.2 Å². The van der Waals surface area contributed by atoms with E-state index in [4.69, 9.17) is 0 Å². The van der Waals surface area contributed by atoms with Gasteiger partial charge in [-0.05, 0) is 41.9 Å². The van der Waals surface area contributed by atoms with Gasteiger partial charge in [0.25, 0.3) is 5.69 Å².